The Morgan fingerprint density at radius 3 is 2.76 bits per heavy atom. The number of hydrogen-bond acceptors (Lipinski definition) is 3. The van der Waals surface area contributed by atoms with E-state index in [1.54, 1.807) is 6.07 Å². The number of pyridine rings is 1. The first kappa shape index (κ1) is 16.2. The largest absolute Gasteiger partial charge is 0.481 e. The number of nitrogens with zero attached hydrogens (tertiary/aromatic N) is 1. The van der Waals surface area contributed by atoms with Crippen LogP contribution in [-0.2, 0) is 9.59 Å². The Morgan fingerprint density at radius 1 is 1.48 bits per heavy atom. The Bertz CT molecular complexity index is 567. The highest BCUT2D eigenvalue weighted by atomic mass is 79.9. The molecule has 0 spiro atoms. The third-order valence-electron chi connectivity index (χ3n) is 3.96. The van der Waals surface area contributed by atoms with Crippen molar-refractivity contribution in [2.45, 2.75) is 26.2 Å². The number of rotatable bonds is 4. The van der Waals surface area contributed by atoms with E-state index in [1.807, 2.05) is 6.92 Å². The molecule has 7 heteroatoms. The number of nitrogens with one attached hydrogen (secondary N) is 1. The summed E-state index contributed by atoms with van der Waals surface area (Å²) < 4.78 is 0.690. The number of carboxylic acid groups (broad SMARTS) is 1. The zero-order valence-corrected chi connectivity index (χ0v) is 13.8. The van der Waals surface area contributed by atoms with E-state index in [2.05, 4.69) is 26.2 Å². The topological polar surface area (TPSA) is 79.3 Å². The van der Waals surface area contributed by atoms with Crippen molar-refractivity contribution in [1.82, 2.24) is 4.98 Å². The predicted octanol–water partition coefficient (Wildman–Crippen LogP) is 3.57. The third-order valence-corrected chi connectivity index (χ3v) is 4.69. The molecule has 0 aromatic carbocycles. The molecule has 1 aliphatic rings. The lowest BCUT2D eigenvalue weighted by molar-refractivity contribution is -0.145. The number of amides is 1. The highest BCUT2D eigenvalue weighted by Crippen LogP contribution is 2.39. The Morgan fingerprint density at radius 2 is 2.14 bits per heavy atom. The molecule has 1 unspecified atom stereocenters. The predicted molar refractivity (Wildman–Crippen MR) is 83.2 cm³/mol. The van der Waals surface area contributed by atoms with Crippen LogP contribution in [0.1, 0.15) is 26.2 Å². The SMILES string of the molecule is CCC1C[C@H](C(=O)Nc2cc(Br)cnc2Cl)[C@H](C(=O)O)C1. The van der Waals surface area contributed by atoms with Crippen molar-refractivity contribution in [2.24, 2.45) is 17.8 Å². The molecule has 21 heavy (non-hydrogen) atoms. The second kappa shape index (κ2) is 6.75. The van der Waals surface area contributed by atoms with Crippen LogP contribution < -0.4 is 5.32 Å². The van der Waals surface area contributed by atoms with Crippen LogP contribution in [0.3, 0.4) is 0 Å². The van der Waals surface area contributed by atoms with E-state index in [9.17, 15) is 14.7 Å². The van der Waals surface area contributed by atoms with Gasteiger partial charge in [-0.05, 0) is 40.8 Å². The molecule has 0 bridgehead atoms. The summed E-state index contributed by atoms with van der Waals surface area (Å²) in [5.74, 6) is -2.10. The minimum absolute atomic E-state index is 0.184. The summed E-state index contributed by atoms with van der Waals surface area (Å²) in [5.41, 5.74) is 0.389. The van der Waals surface area contributed by atoms with Gasteiger partial charge in [-0.3, -0.25) is 9.59 Å². The van der Waals surface area contributed by atoms with E-state index in [0.717, 1.165) is 6.42 Å². The molecule has 0 radical (unpaired) electrons. The van der Waals surface area contributed by atoms with Crippen molar-refractivity contribution in [2.75, 3.05) is 5.32 Å². The maximum absolute atomic E-state index is 12.4. The minimum atomic E-state index is -0.912. The van der Waals surface area contributed by atoms with Crippen molar-refractivity contribution >= 4 is 45.1 Å². The molecular weight excluding hydrogens is 360 g/mol. The lowest BCUT2D eigenvalue weighted by Crippen LogP contribution is -2.30. The van der Waals surface area contributed by atoms with Gasteiger partial charge in [0.05, 0.1) is 17.5 Å². The quantitative estimate of drug-likeness (QED) is 0.788. The van der Waals surface area contributed by atoms with Gasteiger partial charge < -0.3 is 10.4 Å². The number of carboxylic acids is 1. The van der Waals surface area contributed by atoms with Gasteiger partial charge in [0.1, 0.15) is 0 Å². The zero-order chi connectivity index (χ0) is 15.6. The van der Waals surface area contributed by atoms with Crippen LogP contribution in [0.4, 0.5) is 5.69 Å². The first-order valence-corrected chi connectivity index (χ1v) is 7.94. The van der Waals surface area contributed by atoms with Crippen molar-refractivity contribution in [3.63, 3.8) is 0 Å². The van der Waals surface area contributed by atoms with Gasteiger partial charge >= 0.3 is 5.97 Å². The number of carbonyl (C=O) groups is 2. The van der Waals surface area contributed by atoms with E-state index < -0.39 is 17.8 Å². The van der Waals surface area contributed by atoms with Gasteiger partial charge in [-0.1, -0.05) is 24.9 Å². The van der Waals surface area contributed by atoms with Crippen molar-refractivity contribution < 1.29 is 14.7 Å². The second-order valence-electron chi connectivity index (χ2n) is 5.28. The summed E-state index contributed by atoms with van der Waals surface area (Å²) in [5, 5.41) is 12.2. The normalized spacial score (nSPS) is 24.8. The number of aliphatic carboxylic acids is 1. The van der Waals surface area contributed by atoms with Crippen LogP contribution in [0.5, 0.6) is 0 Å². The van der Waals surface area contributed by atoms with Crippen molar-refractivity contribution in [1.29, 1.82) is 0 Å². The maximum Gasteiger partial charge on any atom is 0.307 e. The molecule has 5 nitrogen and oxygen atoms in total. The molecule has 114 valence electrons. The molecule has 1 saturated carbocycles. The molecule has 1 aromatic rings. The average molecular weight is 376 g/mol. The first-order chi connectivity index (χ1) is 9.92. The standard InChI is InChI=1S/C14H16BrClN2O3/c1-2-7-3-9(10(4-7)14(20)21)13(19)18-11-5-8(15)6-17-12(11)16/h5-7,9-10H,2-4H2,1H3,(H,18,19)(H,20,21)/t7?,9-,10+/m0/s1. The van der Waals surface area contributed by atoms with E-state index >= 15 is 0 Å². The Kier molecular flexibility index (Phi) is 5.22. The van der Waals surface area contributed by atoms with E-state index in [0.29, 0.717) is 23.0 Å². The third kappa shape index (κ3) is 3.74. The molecule has 2 rings (SSSR count). The number of aromatic nitrogens is 1. The second-order valence-corrected chi connectivity index (χ2v) is 6.55. The lowest BCUT2D eigenvalue weighted by Gasteiger charge is -2.16. The molecule has 1 aliphatic carbocycles. The molecule has 2 N–H and O–H groups in total. The highest BCUT2D eigenvalue weighted by molar-refractivity contribution is 9.10. The summed E-state index contributed by atoms with van der Waals surface area (Å²) >= 11 is 9.20. The maximum atomic E-state index is 12.4. The van der Waals surface area contributed by atoms with E-state index in [-0.39, 0.29) is 17.0 Å². The molecule has 3 atom stereocenters. The minimum Gasteiger partial charge on any atom is -0.481 e. The Balaban J connectivity index is 2.15. The summed E-state index contributed by atoms with van der Waals surface area (Å²) in [4.78, 5) is 27.6. The van der Waals surface area contributed by atoms with Gasteiger partial charge in [0.25, 0.3) is 0 Å². The summed E-state index contributed by atoms with van der Waals surface area (Å²) in [6.07, 6.45) is 3.56. The van der Waals surface area contributed by atoms with Gasteiger partial charge in [0.2, 0.25) is 5.91 Å². The van der Waals surface area contributed by atoms with Gasteiger partial charge in [-0.25, -0.2) is 4.98 Å². The average Bonchev–Trinajstić information content (AvgIpc) is 2.87. The van der Waals surface area contributed by atoms with Crippen LogP contribution in [0, 0.1) is 17.8 Å². The van der Waals surface area contributed by atoms with E-state index in [4.69, 9.17) is 11.6 Å². The van der Waals surface area contributed by atoms with E-state index in [1.165, 1.54) is 6.20 Å². The number of halogens is 2. The van der Waals surface area contributed by atoms with Crippen LogP contribution in [0.15, 0.2) is 16.7 Å². The lowest BCUT2D eigenvalue weighted by atomic mass is 9.95. The number of anilines is 1. The summed E-state index contributed by atoms with van der Waals surface area (Å²) in [6.45, 7) is 2.01. The van der Waals surface area contributed by atoms with Crippen molar-refractivity contribution in [3.05, 3.63) is 21.9 Å². The molecule has 0 saturated heterocycles. The van der Waals surface area contributed by atoms with Crippen LogP contribution >= 0.6 is 27.5 Å². The Hall–Kier alpha value is -1.14. The fraction of sp³-hybridized carbons (Fsp3) is 0.500. The summed E-state index contributed by atoms with van der Waals surface area (Å²) in [7, 11) is 0. The highest BCUT2D eigenvalue weighted by Gasteiger charge is 2.42. The molecule has 1 fully saturated rings. The molecule has 1 aromatic heterocycles. The molecular formula is C14H16BrClN2O3. The first-order valence-electron chi connectivity index (χ1n) is 6.77. The van der Waals surface area contributed by atoms with Crippen molar-refractivity contribution in [3.8, 4) is 0 Å². The van der Waals surface area contributed by atoms with Crippen LogP contribution in [0.25, 0.3) is 0 Å². The zero-order valence-electron chi connectivity index (χ0n) is 11.5. The Labute approximate surface area is 136 Å². The number of carbonyl (C=O) groups excluding carboxylic acids is 1. The molecule has 1 amide bonds. The molecule has 0 aliphatic heterocycles. The fourth-order valence-electron chi connectivity index (χ4n) is 2.77. The fourth-order valence-corrected chi connectivity index (χ4v) is 3.26. The number of hydrogen-bond donors (Lipinski definition) is 2. The molecule has 1 heterocycles. The van der Waals surface area contributed by atoms with Gasteiger partial charge in [-0.2, -0.15) is 0 Å². The van der Waals surface area contributed by atoms with Crippen LogP contribution in [0.2, 0.25) is 5.15 Å². The van der Waals surface area contributed by atoms with Crippen LogP contribution in [-0.4, -0.2) is 22.0 Å². The van der Waals surface area contributed by atoms with Gasteiger partial charge in [0, 0.05) is 10.7 Å². The smallest absolute Gasteiger partial charge is 0.307 e. The summed E-state index contributed by atoms with van der Waals surface area (Å²) in [6, 6.07) is 1.65. The monoisotopic (exact) mass is 374 g/mol. The van der Waals surface area contributed by atoms with Gasteiger partial charge in [0.15, 0.2) is 5.15 Å². The van der Waals surface area contributed by atoms with Gasteiger partial charge in [-0.15, -0.1) is 0 Å².